The molecule has 0 spiro atoms. The molecule has 1 radical (unpaired) electrons. The van der Waals surface area contributed by atoms with Gasteiger partial charge in [-0.15, -0.1) is 0 Å². The van der Waals surface area contributed by atoms with Gasteiger partial charge in [0.1, 0.15) is 12.4 Å². The van der Waals surface area contributed by atoms with Crippen molar-refractivity contribution in [3.05, 3.63) is 36.4 Å². The lowest BCUT2D eigenvalue weighted by atomic mass is 10.2. The highest BCUT2D eigenvalue weighted by Crippen LogP contribution is 2.37. The lowest BCUT2D eigenvalue weighted by molar-refractivity contribution is 0.365. The number of rotatable bonds is 5. The van der Waals surface area contributed by atoms with Crippen LogP contribution in [0.3, 0.4) is 0 Å². The number of benzene rings is 1. The number of hydrogen-bond donors (Lipinski definition) is 1. The predicted octanol–water partition coefficient (Wildman–Crippen LogP) is 3.23. The highest BCUT2D eigenvalue weighted by Gasteiger charge is 2.39. The summed E-state index contributed by atoms with van der Waals surface area (Å²) in [4.78, 5) is 0. The normalized spacial score (nSPS) is 12.3. The van der Waals surface area contributed by atoms with Crippen LogP contribution in [0.5, 0.6) is 5.75 Å². The van der Waals surface area contributed by atoms with Crippen LogP contribution in [0.25, 0.3) is 0 Å². The zero-order chi connectivity index (χ0) is 14.7. The molecule has 1 rings (SSSR count). The molecule has 0 fully saturated rings. The fraction of sp³-hybridized carbons (Fsp3) is 0.500. The molecule has 0 aromatic heterocycles. The lowest BCUT2D eigenvalue weighted by Crippen LogP contribution is -2.50. The van der Waals surface area contributed by atoms with Crippen molar-refractivity contribution in [2.45, 2.75) is 45.4 Å². The van der Waals surface area contributed by atoms with E-state index in [2.05, 4.69) is 52.6 Å². The van der Waals surface area contributed by atoms with Gasteiger partial charge in [-0.05, 0) is 21.9 Å². The van der Waals surface area contributed by atoms with Crippen LogP contribution < -0.4 is 15.7 Å². The molecule has 0 saturated carbocycles. The van der Waals surface area contributed by atoms with Crippen molar-refractivity contribution >= 4 is 13.3 Å². The van der Waals surface area contributed by atoms with E-state index in [1.54, 1.807) is 6.08 Å². The van der Waals surface area contributed by atoms with Gasteiger partial charge in [-0.3, -0.25) is 0 Å². The Bertz CT molecular complexity index is 447. The van der Waals surface area contributed by atoms with E-state index in [0.29, 0.717) is 13.2 Å². The summed E-state index contributed by atoms with van der Waals surface area (Å²) >= 11 is 0. The number of ether oxygens (including phenoxy) is 1. The smallest absolute Gasteiger partial charge is 0.127 e. The maximum atomic E-state index is 5.79. The Kier molecular flexibility index (Phi) is 4.99. The SMILES string of the molecule is C=CCOc1[c]cc(CN)cc1[Si](C)(C)C(C)(C)C. The molecule has 0 aliphatic heterocycles. The van der Waals surface area contributed by atoms with E-state index in [1.807, 2.05) is 6.07 Å². The second kappa shape index (κ2) is 5.93. The minimum atomic E-state index is -1.67. The van der Waals surface area contributed by atoms with Crippen LogP contribution in [0.1, 0.15) is 26.3 Å². The molecule has 2 N–H and O–H groups in total. The lowest BCUT2D eigenvalue weighted by Gasteiger charge is -2.38. The summed E-state index contributed by atoms with van der Waals surface area (Å²) in [5, 5.41) is 1.55. The fourth-order valence-corrected chi connectivity index (χ4v) is 3.84. The van der Waals surface area contributed by atoms with E-state index in [4.69, 9.17) is 10.5 Å². The third kappa shape index (κ3) is 3.48. The van der Waals surface area contributed by atoms with Crippen molar-refractivity contribution in [2.24, 2.45) is 5.73 Å². The molecule has 0 unspecified atom stereocenters. The molecular formula is C16H26NOSi. The third-order valence-electron chi connectivity index (χ3n) is 4.09. The molecule has 1 aromatic carbocycles. The third-order valence-corrected chi connectivity index (χ3v) is 9.56. The van der Waals surface area contributed by atoms with E-state index >= 15 is 0 Å². The molecule has 0 heterocycles. The van der Waals surface area contributed by atoms with E-state index in [9.17, 15) is 0 Å². The largest absolute Gasteiger partial charge is 0.489 e. The van der Waals surface area contributed by atoms with Gasteiger partial charge in [-0.25, -0.2) is 0 Å². The van der Waals surface area contributed by atoms with Crippen LogP contribution in [-0.4, -0.2) is 14.7 Å². The topological polar surface area (TPSA) is 35.2 Å². The minimum absolute atomic E-state index is 0.250. The molecule has 105 valence electrons. The number of nitrogens with two attached hydrogens (primary N) is 1. The van der Waals surface area contributed by atoms with Gasteiger partial charge in [-0.2, -0.15) is 0 Å². The monoisotopic (exact) mass is 276 g/mol. The fourth-order valence-electron chi connectivity index (χ4n) is 1.78. The van der Waals surface area contributed by atoms with Gasteiger partial charge in [0, 0.05) is 12.6 Å². The summed E-state index contributed by atoms with van der Waals surface area (Å²) in [5.41, 5.74) is 6.88. The average molecular weight is 276 g/mol. The Morgan fingerprint density at radius 2 is 2.05 bits per heavy atom. The average Bonchev–Trinajstić information content (AvgIpc) is 2.34. The molecule has 2 nitrogen and oxygen atoms in total. The first-order chi connectivity index (χ1) is 8.74. The quantitative estimate of drug-likeness (QED) is 0.662. The molecule has 0 aliphatic carbocycles. The maximum absolute atomic E-state index is 5.79. The molecule has 0 atom stereocenters. The Balaban J connectivity index is 3.32. The van der Waals surface area contributed by atoms with Crippen molar-refractivity contribution in [3.63, 3.8) is 0 Å². The van der Waals surface area contributed by atoms with Crippen molar-refractivity contribution < 1.29 is 4.74 Å². The summed E-state index contributed by atoms with van der Waals surface area (Å²) in [5.74, 6) is 0.865. The predicted molar refractivity (Wildman–Crippen MR) is 85.7 cm³/mol. The van der Waals surface area contributed by atoms with Crippen molar-refractivity contribution in [1.29, 1.82) is 0 Å². The van der Waals surface area contributed by atoms with Crippen LogP contribution in [-0.2, 0) is 6.54 Å². The zero-order valence-electron chi connectivity index (χ0n) is 12.8. The molecule has 1 aromatic rings. The first-order valence-corrected chi connectivity index (χ1v) is 9.73. The van der Waals surface area contributed by atoms with Gasteiger partial charge >= 0.3 is 0 Å². The Morgan fingerprint density at radius 1 is 1.42 bits per heavy atom. The molecule has 0 saturated heterocycles. The molecule has 0 aliphatic rings. The van der Waals surface area contributed by atoms with Crippen molar-refractivity contribution in [3.8, 4) is 5.75 Å². The first kappa shape index (κ1) is 16.0. The van der Waals surface area contributed by atoms with Gasteiger partial charge < -0.3 is 10.5 Å². The molecule has 3 heteroatoms. The van der Waals surface area contributed by atoms with Crippen LogP contribution >= 0.6 is 0 Å². The first-order valence-electron chi connectivity index (χ1n) is 6.73. The van der Waals surface area contributed by atoms with Crippen LogP contribution in [0.15, 0.2) is 24.8 Å². The molecule has 0 amide bonds. The molecular weight excluding hydrogens is 250 g/mol. The van der Waals surface area contributed by atoms with Gasteiger partial charge in [0.05, 0.1) is 8.07 Å². The summed E-state index contributed by atoms with van der Waals surface area (Å²) < 4.78 is 5.79. The number of hydrogen-bond acceptors (Lipinski definition) is 2. The second-order valence-corrected chi connectivity index (χ2v) is 11.7. The maximum Gasteiger partial charge on any atom is 0.127 e. The van der Waals surface area contributed by atoms with Gasteiger partial charge in [0.25, 0.3) is 0 Å². The van der Waals surface area contributed by atoms with E-state index in [1.165, 1.54) is 5.19 Å². The van der Waals surface area contributed by atoms with Crippen molar-refractivity contribution in [2.75, 3.05) is 6.61 Å². The van der Waals surface area contributed by atoms with Crippen molar-refractivity contribution in [1.82, 2.24) is 0 Å². The van der Waals surface area contributed by atoms with E-state index in [-0.39, 0.29) is 5.04 Å². The Hall–Kier alpha value is -1.06. The van der Waals surface area contributed by atoms with Gasteiger partial charge in [-0.1, -0.05) is 52.6 Å². The van der Waals surface area contributed by atoms with Crippen LogP contribution in [0, 0.1) is 6.07 Å². The van der Waals surface area contributed by atoms with Gasteiger partial charge in [0.15, 0.2) is 0 Å². The van der Waals surface area contributed by atoms with Gasteiger partial charge in [0.2, 0.25) is 0 Å². The Labute approximate surface area is 118 Å². The highest BCUT2D eigenvalue weighted by molar-refractivity contribution is 6.92. The highest BCUT2D eigenvalue weighted by atomic mass is 28.3. The van der Waals surface area contributed by atoms with Crippen LogP contribution in [0.2, 0.25) is 18.1 Å². The Morgan fingerprint density at radius 3 is 2.53 bits per heavy atom. The van der Waals surface area contributed by atoms with E-state index in [0.717, 1.165) is 11.3 Å². The zero-order valence-corrected chi connectivity index (χ0v) is 13.8. The molecule has 19 heavy (non-hydrogen) atoms. The standard InChI is InChI=1S/C16H26NOSi/c1-7-10-18-14-9-8-13(12-17)11-15(14)19(5,6)16(2,3)4/h7-8,11H,1,10,12,17H2,2-6H3. The van der Waals surface area contributed by atoms with Crippen LogP contribution in [0.4, 0.5) is 0 Å². The second-order valence-electron chi connectivity index (χ2n) is 6.43. The minimum Gasteiger partial charge on any atom is -0.489 e. The summed E-state index contributed by atoms with van der Waals surface area (Å²) in [6.45, 7) is 16.4. The summed E-state index contributed by atoms with van der Waals surface area (Å²) in [6, 6.07) is 7.38. The summed E-state index contributed by atoms with van der Waals surface area (Å²) in [7, 11) is -1.67. The molecule has 0 bridgehead atoms. The van der Waals surface area contributed by atoms with E-state index < -0.39 is 8.07 Å². The summed E-state index contributed by atoms with van der Waals surface area (Å²) in [6.07, 6.45) is 1.76.